The first-order chi connectivity index (χ1) is 5.72. The lowest BCUT2D eigenvalue weighted by atomic mass is 10.3. The second-order valence-electron chi connectivity index (χ2n) is 2.69. The summed E-state index contributed by atoms with van der Waals surface area (Å²) in [5, 5.41) is 10.9. The highest BCUT2D eigenvalue weighted by molar-refractivity contribution is 5.80. The smallest absolute Gasteiger partial charge is 0.206 e. The maximum Gasteiger partial charge on any atom is 0.206 e. The molecule has 0 saturated heterocycles. The molecule has 0 bridgehead atoms. The van der Waals surface area contributed by atoms with Gasteiger partial charge < -0.3 is 4.90 Å². The number of hydrogen-bond donors (Lipinski definition) is 1. The van der Waals surface area contributed by atoms with Crippen molar-refractivity contribution >= 4 is 5.96 Å². The van der Waals surface area contributed by atoms with Crippen LogP contribution in [0.25, 0.3) is 0 Å². The number of unbranched alkanes of at least 4 members (excludes halogenated alkanes) is 1. The Balaban J connectivity index is 3.92. The van der Waals surface area contributed by atoms with Crippen LogP contribution in [0.2, 0.25) is 0 Å². The van der Waals surface area contributed by atoms with Crippen LogP contribution in [-0.4, -0.2) is 31.5 Å². The standard InChI is InChI=1S/C8H16N4/c1-4-5-6-10-8(11-7-9)12(2)3/h4-6H2,1-3H3,(H,10,11). The molecule has 0 fully saturated rings. The van der Waals surface area contributed by atoms with Gasteiger partial charge in [-0.3, -0.25) is 10.3 Å². The number of nitriles is 1. The fourth-order valence-corrected chi connectivity index (χ4v) is 0.686. The van der Waals surface area contributed by atoms with Crippen molar-refractivity contribution in [2.75, 3.05) is 20.6 Å². The lowest BCUT2D eigenvalue weighted by Crippen LogP contribution is -2.33. The van der Waals surface area contributed by atoms with E-state index < -0.39 is 0 Å². The average molecular weight is 168 g/mol. The van der Waals surface area contributed by atoms with Crippen molar-refractivity contribution in [2.24, 2.45) is 4.99 Å². The van der Waals surface area contributed by atoms with Gasteiger partial charge in [0.1, 0.15) is 0 Å². The Labute approximate surface area is 73.9 Å². The second kappa shape index (κ2) is 6.47. The Morgan fingerprint density at radius 1 is 1.58 bits per heavy atom. The second-order valence-corrected chi connectivity index (χ2v) is 2.69. The van der Waals surface area contributed by atoms with Gasteiger partial charge in [-0.25, -0.2) is 0 Å². The van der Waals surface area contributed by atoms with Crippen molar-refractivity contribution in [1.82, 2.24) is 10.2 Å². The van der Waals surface area contributed by atoms with Crippen molar-refractivity contribution < 1.29 is 0 Å². The molecule has 0 aromatic carbocycles. The molecule has 4 nitrogen and oxygen atoms in total. The van der Waals surface area contributed by atoms with E-state index in [1.807, 2.05) is 20.3 Å². The molecule has 0 aromatic rings. The summed E-state index contributed by atoms with van der Waals surface area (Å²) in [7, 11) is 3.71. The maximum atomic E-state index is 8.37. The van der Waals surface area contributed by atoms with Crippen LogP contribution in [0, 0.1) is 11.5 Å². The molecular weight excluding hydrogens is 152 g/mol. The van der Waals surface area contributed by atoms with Gasteiger partial charge in [-0.15, -0.1) is 0 Å². The molecule has 1 N–H and O–H groups in total. The van der Waals surface area contributed by atoms with Gasteiger partial charge in [0.25, 0.3) is 0 Å². The van der Waals surface area contributed by atoms with Gasteiger partial charge in [0.05, 0.1) is 0 Å². The van der Waals surface area contributed by atoms with Gasteiger partial charge in [-0.2, -0.15) is 5.26 Å². The van der Waals surface area contributed by atoms with Gasteiger partial charge in [0.2, 0.25) is 5.96 Å². The molecule has 0 rings (SSSR count). The monoisotopic (exact) mass is 168 g/mol. The predicted octanol–water partition coefficient (Wildman–Crippen LogP) is 0.775. The highest BCUT2D eigenvalue weighted by Crippen LogP contribution is 1.88. The van der Waals surface area contributed by atoms with E-state index in [-0.39, 0.29) is 0 Å². The Morgan fingerprint density at radius 3 is 2.67 bits per heavy atom. The summed E-state index contributed by atoms with van der Waals surface area (Å²) in [6.45, 7) is 2.89. The van der Waals surface area contributed by atoms with E-state index >= 15 is 0 Å². The van der Waals surface area contributed by atoms with Crippen molar-refractivity contribution in [3.05, 3.63) is 0 Å². The molecule has 0 aliphatic carbocycles. The lowest BCUT2D eigenvalue weighted by Gasteiger charge is -2.12. The van der Waals surface area contributed by atoms with E-state index in [1.54, 1.807) is 4.90 Å². The first kappa shape index (κ1) is 10.8. The zero-order valence-electron chi connectivity index (χ0n) is 7.96. The number of rotatable bonds is 3. The number of aliphatic imine (C=N–C) groups is 1. The van der Waals surface area contributed by atoms with Crippen LogP contribution in [0.4, 0.5) is 0 Å². The SMILES string of the molecule is CCCCN=C(NC#N)N(C)C. The molecule has 12 heavy (non-hydrogen) atoms. The topological polar surface area (TPSA) is 51.4 Å². The Kier molecular flexibility index (Phi) is 5.80. The summed E-state index contributed by atoms with van der Waals surface area (Å²) in [6, 6.07) is 0. The number of nitrogens with one attached hydrogen (secondary N) is 1. The van der Waals surface area contributed by atoms with Crippen molar-refractivity contribution in [3.8, 4) is 6.19 Å². The summed E-state index contributed by atoms with van der Waals surface area (Å²) < 4.78 is 0. The van der Waals surface area contributed by atoms with Crippen molar-refractivity contribution in [3.63, 3.8) is 0 Å². The minimum absolute atomic E-state index is 0.631. The molecule has 68 valence electrons. The zero-order valence-corrected chi connectivity index (χ0v) is 7.96. The summed E-state index contributed by atoms with van der Waals surface area (Å²) in [4.78, 5) is 6.00. The molecular formula is C8H16N4. The summed E-state index contributed by atoms with van der Waals surface area (Å²) in [5.41, 5.74) is 0. The third-order valence-electron chi connectivity index (χ3n) is 1.36. The Morgan fingerprint density at radius 2 is 2.25 bits per heavy atom. The fourth-order valence-electron chi connectivity index (χ4n) is 0.686. The Hall–Kier alpha value is -1.24. The normalized spacial score (nSPS) is 10.7. The molecule has 0 unspecified atom stereocenters. The van der Waals surface area contributed by atoms with Crippen LogP contribution in [0.1, 0.15) is 19.8 Å². The highest BCUT2D eigenvalue weighted by Gasteiger charge is 1.97. The number of nitrogens with zero attached hydrogens (tertiary/aromatic N) is 3. The largest absolute Gasteiger partial charge is 0.348 e. The van der Waals surface area contributed by atoms with E-state index in [0.717, 1.165) is 19.4 Å². The van der Waals surface area contributed by atoms with Crippen LogP contribution in [0.5, 0.6) is 0 Å². The molecule has 0 atom stereocenters. The van der Waals surface area contributed by atoms with Crippen molar-refractivity contribution in [2.45, 2.75) is 19.8 Å². The van der Waals surface area contributed by atoms with Gasteiger partial charge in [0, 0.05) is 20.6 Å². The lowest BCUT2D eigenvalue weighted by molar-refractivity contribution is 0.595. The van der Waals surface area contributed by atoms with Crippen LogP contribution < -0.4 is 5.32 Å². The van der Waals surface area contributed by atoms with E-state index in [0.29, 0.717) is 5.96 Å². The molecule has 0 saturated carbocycles. The van der Waals surface area contributed by atoms with Gasteiger partial charge >= 0.3 is 0 Å². The summed E-state index contributed by atoms with van der Waals surface area (Å²) in [6.07, 6.45) is 4.04. The fraction of sp³-hybridized carbons (Fsp3) is 0.750. The molecule has 0 aliphatic heterocycles. The van der Waals surface area contributed by atoms with Crippen LogP contribution in [0.3, 0.4) is 0 Å². The van der Waals surface area contributed by atoms with Gasteiger partial charge in [-0.05, 0) is 6.42 Å². The van der Waals surface area contributed by atoms with Gasteiger partial charge in [-0.1, -0.05) is 13.3 Å². The highest BCUT2D eigenvalue weighted by atomic mass is 15.3. The van der Waals surface area contributed by atoms with E-state index in [4.69, 9.17) is 5.26 Å². The molecule has 0 heterocycles. The molecule has 0 radical (unpaired) electrons. The maximum absolute atomic E-state index is 8.37. The molecule has 0 spiro atoms. The average Bonchev–Trinajstić information content (AvgIpc) is 2.03. The minimum atomic E-state index is 0.631. The summed E-state index contributed by atoms with van der Waals surface area (Å²) >= 11 is 0. The van der Waals surface area contributed by atoms with E-state index in [1.165, 1.54) is 0 Å². The van der Waals surface area contributed by atoms with E-state index in [9.17, 15) is 0 Å². The zero-order chi connectivity index (χ0) is 9.40. The predicted molar refractivity (Wildman–Crippen MR) is 49.6 cm³/mol. The summed E-state index contributed by atoms with van der Waals surface area (Å²) in [5.74, 6) is 0.631. The first-order valence-corrected chi connectivity index (χ1v) is 4.09. The molecule has 0 aliphatic rings. The number of guanidine groups is 1. The molecule has 0 amide bonds. The quantitative estimate of drug-likeness (QED) is 0.223. The van der Waals surface area contributed by atoms with Crippen LogP contribution >= 0.6 is 0 Å². The molecule has 4 heteroatoms. The van der Waals surface area contributed by atoms with E-state index in [2.05, 4.69) is 17.2 Å². The third-order valence-corrected chi connectivity index (χ3v) is 1.36. The van der Waals surface area contributed by atoms with Crippen LogP contribution in [0.15, 0.2) is 4.99 Å². The first-order valence-electron chi connectivity index (χ1n) is 4.09. The number of hydrogen-bond acceptors (Lipinski definition) is 2. The minimum Gasteiger partial charge on any atom is -0.348 e. The van der Waals surface area contributed by atoms with Crippen LogP contribution in [-0.2, 0) is 0 Å². The van der Waals surface area contributed by atoms with Gasteiger partial charge in [0.15, 0.2) is 6.19 Å². The Bertz CT molecular complexity index is 178. The third kappa shape index (κ3) is 4.56. The molecule has 0 aromatic heterocycles. The van der Waals surface area contributed by atoms with Crippen molar-refractivity contribution in [1.29, 1.82) is 5.26 Å².